The van der Waals surface area contributed by atoms with E-state index in [2.05, 4.69) is 27.3 Å². The summed E-state index contributed by atoms with van der Waals surface area (Å²) in [6, 6.07) is 5.61. The lowest BCUT2D eigenvalue weighted by Gasteiger charge is -2.37. The molecule has 1 aliphatic carbocycles. The number of alkyl halides is 2. The number of halogens is 2. The molecule has 0 atom stereocenters. The lowest BCUT2D eigenvalue weighted by Crippen LogP contribution is -2.41. The number of nitrogens with zero attached hydrogens (tertiary/aromatic N) is 4. The minimum atomic E-state index is -2.56. The fourth-order valence-corrected chi connectivity index (χ4v) is 4.19. The number of hydrogen-bond donors (Lipinski definition) is 2. The van der Waals surface area contributed by atoms with Crippen molar-refractivity contribution in [2.45, 2.75) is 63.0 Å². The molecule has 2 N–H and O–H groups in total. The number of anilines is 1. The van der Waals surface area contributed by atoms with Gasteiger partial charge in [-0.3, -0.25) is 0 Å². The van der Waals surface area contributed by atoms with Gasteiger partial charge in [-0.1, -0.05) is 0 Å². The average Bonchev–Trinajstić information content (AvgIpc) is 3.12. The van der Waals surface area contributed by atoms with Crippen LogP contribution in [0.1, 0.15) is 49.8 Å². The van der Waals surface area contributed by atoms with E-state index in [1.54, 1.807) is 4.68 Å². The maximum absolute atomic E-state index is 13.5. The molecular weight excluding hydrogens is 376 g/mol. The predicted molar refractivity (Wildman–Crippen MR) is 108 cm³/mol. The third-order valence-corrected chi connectivity index (χ3v) is 6.19. The van der Waals surface area contributed by atoms with Gasteiger partial charge >= 0.3 is 0 Å². The number of piperidine rings is 1. The Kier molecular flexibility index (Phi) is 5.33. The van der Waals surface area contributed by atoms with Crippen LogP contribution in [0.2, 0.25) is 0 Å². The summed E-state index contributed by atoms with van der Waals surface area (Å²) >= 11 is 0. The Morgan fingerprint density at radius 2 is 1.83 bits per heavy atom. The molecule has 0 spiro atoms. The van der Waals surface area contributed by atoms with Gasteiger partial charge < -0.3 is 15.3 Å². The number of hydrogen-bond acceptors (Lipinski definition) is 5. The highest BCUT2D eigenvalue weighted by atomic mass is 19.3. The van der Waals surface area contributed by atoms with Crippen molar-refractivity contribution in [1.82, 2.24) is 19.7 Å². The zero-order valence-electron chi connectivity index (χ0n) is 17.0. The molecule has 2 aromatic heterocycles. The first-order chi connectivity index (χ1) is 13.7. The summed E-state index contributed by atoms with van der Waals surface area (Å²) in [5, 5.41) is 19.1. The molecule has 0 bridgehead atoms. The predicted octanol–water partition coefficient (Wildman–Crippen LogP) is 3.48. The summed E-state index contributed by atoms with van der Waals surface area (Å²) in [4.78, 5) is 6.87. The Morgan fingerprint density at radius 3 is 2.45 bits per heavy atom. The van der Waals surface area contributed by atoms with Crippen molar-refractivity contribution in [1.29, 1.82) is 0 Å². The number of aliphatic hydroxyl groups is 1. The van der Waals surface area contributed by atoms with E-state index in [1.807, 2.05) is 31.3 Å². The number of likely N-dealkylation sites (tertiary alicyclic amines) is 1. The molecule has 29 heavy (non-hydrogen) atoms. The van der Waals surface area contributed by atoms with Crippen LogP contribution in [0.5, 0.6) is 0 Å². The van der Waals surface area contributed by atoms with Crippen LogP contribution in [0.3, 0.4) is 0 Å². The van der Waals surface area contributed by atoms with E-state index in [0.29, 0.717) is 37.3 Å². The lowest BCUT2D eigenvalue weighted by atomic mass is 9.84. The molecule has 8 heteroatoms. The molecule has 1 saturated heterocycles. The first kappa shape index (κ1) is 20.2. The van der Waals surface area contributed by atoms with E-state index >= 15 is 0 Å². The molecule has 2 aliphatic rings. The van der Waals surface area contributed by atoms with Crippen LogP contribution in [0.4, 0.5) is 14.6 Å². The lowest BCUT2D eigenvalue weighted by molar-refractivity contribution is -0.0361. The standard InChI is InChI=1S/C21H29F2N5O/c1-15-5-10-28(26-15)19-14-16(20(29)8-11-27(2)12-9-20)13-18(25-19)24-17-3-6-21(22,23)7-4-17/h5,10,13-14,17,29H,3-4,6-9,11-12H2,1-2H3,(H,24,25). The van der Waals surface area contributed by atoms with Crippen molar-refractivity contribution in [3.05, 3.63) is 35.7 Å². The molecule has 3 heterocycles. The van der Waals surface area contributed by atoms with Crippen LogP contribution < -0.4 is 5.32 Å². The van der Waals surface area contributed by atoms with Gasteiger partial charge in [0.1, 0.15) is 5.82 Å². The first-order valence-corrected chi connectivity index (χ1v) is 10.3. The highest BCUT2D eigenvalue weighted by molar-refractivity contribution is 5.47. The minimum absolute atomic E-state index is 0.0447. The van der Waals surface area contributed by atoms with Gasteiger partial charge in [0, 0.05) is 38.2 Å². The van der Waals surface area contributed by atoms with E-state index < -0.39 is 11.5 Å². The van der Waals surface area contributed by atoms with Gasteiger partial charge in [-0.25, -0.2) is 18.4 Å². The highest BCUT2D eigenvalue weighted by Crippen LogP contribution is 2.36. The molecule has 2 fully saturated rings. The van der Waals surface area contributed by atoms with Gasteiger partial charge in [0.05, 0.1) is 11.3 Å². The molecule has 0 radical (unpaired) electrons. The average molecular weight is 405 g/mol. The fourth-order valence-electron chi connectivity index (χ4n) is 4.19. The third kappa shape index (κ3) is 4.59. The van der Waals surface area contributed by atoms with Gasteiger partial charge in [0.25, 0.3) is 0 Å². The Hall–Kier alpha value is -2.06. The Bertz CT molecular complexity index is 851. The summed E-state index contributed by atoms with van der Waals surface area (Å²) in [7, 11) is 2.05. The fraction of sp³-hybridized carbons (Fsp3) is 0.619. The molecule has 0 amide bonds. The van der Waals surface area contributed by atoms with Crippen LogP contribution in [-0.4, -0.2) is 56.9 Å². The second kappa shape index (κ2) is 7.65. The van der Waals surface area contributed by atoms with E-state index in [9.17, 15) is 13.9 Å². The molecule has 1 aliphatic heterocycles. The van der Waals surface area contributed by atoms with Gasteiger partial charge in [-0.2, -0.15) is 5.10 Å². The van der Waals surface area contributed by atoms with Crippen LogP contribution in [0, 0.1) is 6.92 Å². The Balaban J connectivity index is 1.63. The smallest absolute Gasteiger partial charge is 0.248 e. The molecule has 1 saturated carbocycles. The van der Waals surface area contributed by atoms with Gasteiger partial charge in [0.2, 0.25) is 5.92 Å². The second-order valence-corrected chi connectivity index (χ2v) is 8.61. The van der Waals surface area contributed by atoms with Gasteiger partial charge in [-0.05, 0) is 63.4 Å². The maximum atomic E-state index is 13.5. The van der Waals surface area contributed by atoms with Crippen molar-refractivity contribution >= 4 is 5.82 Å². The quantitative estimate of drug-likeness (QED) is 0.815. The van der Waals surface area contributed by atoms with Crippen LogP contribution in [0.15, 0.2) is 24.4 Å². The van der Waals surface area contributed by atoms with Gasteiger partial charge in [0.15, 0.2) is 5.82 Å². The van der Waals surface area contributed by atoms with Crippen LogP contribution >= 0.6 is 0 Å². The summed E-state index contributed by atoms with van der Waals surface area (Å²) in [6.07, 6.45) is 3.72. The largest absolute Gasteiger partial charge is 0.385 e. The minimum Gasteiger partial charge on any atom is -0.385 e. The number of aryl methyl sites for hydroxylation is 1. The van der Waals surface area contributed by atoms with Crippen molar-refractivity contribution < 1.29 is 13.9 Å². The SMILES string of the molecule is Cc1ccn(-c2cc(C3(O)CCN(C)CC3)cc(NC3CCC(F)(F)CC3)n2)n1. The Morgan fingerprint density at radius 1 is 1.14 bits per heavy atom. The summed E-state index contributed by atoms with van der Waals surface area (Å²) in [5.41, 5.74) is 0.745. The molecule has 158 valence electrons. The normalized spacial score (nSPS) is 22.5. The number of pyridine rings is 1. The van der Waals surface area contributed by atoms with Crippen molar-refractivity contribution in [3.63, 3.8) is 0 Å². The number of aromatic nitrogens is 3. The third-order valence-electron chi connectivity index (χ3n) is 6.19. The van der Waals surface area contributed by atoms with E-state index in [4.69, 9.17) is 0 Å². The van der Waals surface area contributed by atoms with Crippen LogP contribution in [0.25, 0.3) is 5.82 Å². The molecule has 4 rings (SSSR count). The van der Waals surface area contributed by atoms with Crippen molar-refractivity contribution in [2.24, 2.45) is 0 Å². The monoisotopic (exact) mass is 405 g/mol. The van der Waals surface area contributed by atoms with Gasteiger partial charge in [-0.15, -0.1) is 0 Å². The molecular formula is C21H29F2N5O. The summed E-state index contributed by atoms with van der Waals surface area (Å²) in [6.45, 7) is 3.54. The summed E-state index contributed by atoms with van der Waals surface area (Å²) < 4.78 is 28.7. The first-order valence-electron chi connectivity index (χ1n) is 10.3. The zero-order chi connectivity index (χ0) is 20.6. The highest BCUT2D eigenvalue weighted by Gasteiger charge is 2.36. The van der Waals surface area contributed by atoms with Crippen molar-refractivity contribution in [2.75, 3.05) is 25.5 Å². The zero-order valence-corrected chi connectivity index (χ0v) is 17.0. The molecule has 6 nitrogen and oxygen atoms in total. The Labute approximate surface area is 169 Å². The number of nitrogens with one attached hydrogen (secondary N) is 1. The van der Waals surface area contributed by atoms with E-state index in [1.165, 1.54) is 0 Å². The maximum Gasteiger partial charge on any atom is 0.248 e. The van der Waals surface area contributed by atoms with Crippen LogP contribution in [-0.2, 0) is 5.60 Å². The molecule has 0 aromatic carbocycles. The second-order valence-electron chi connectivity index (χ2n) is 8.61. The summed E-state index contributed by atoms with van der Waals surface area (Å²) in [5.74, 6) is -1.34. The topological polar surface area (TPSA) is 66.2 Å². The van der Waals surface area contributed by atoms with Crippen molar-refractivity contribution in [3.8, 4) is 5.82 Å². The molecule has 0 unspecified atom stereocenters. The number of rotatable bonds is 4. The van der Waals surface area contributed by atoms with E-state index in [-0.39, 0.29) is 18.9 Å². The van der Waals surface area contributed by atoms with E-state index in [0.717, 1.165) is 24.3 Å². The molecule has 2 aromatic rings.